The number of allylic oxidation sites excluding steroid dienone is 8. The summed E-state index contributed by atoms with van der Waals surface area (Å²) < 4.78 is 2.48. The highest BCUT2D eigenvalue weighted by Gasteiger charge is 2.61. The van der Waals surface area contributed by atoms with Crippen molar-refractivity contribution < 1.29 is 0 Å². The van der Waals surface area contributed by atoms with Crippen LogP contribution >= 0.6 is 0 Å². The van der Waals surface area contributed by atoms with Crippen LogP contribution in [0.2, 0.25) is 0 Å². The third-order valence-electron chi connectivity index (χ3n) is 18.7. The van der Waals surface area contributed by atoms with Crippen molar-refractivity contribution in [3.63, 3.8) is 0 Å². The maximum absolute atomic E-state index is 2.56. The molecule has 1 aromatic heterocycles. The van der Waals surface area contributed by atoms with Gasteiger partial charge in [-0.05, 0) is 146 Å². The third-order valence-corrected chi connectivity index (χ3v) is 18.7. The first-order valence-electron chi connectivity index (χ1n) is 27.6. The molecule has 11 aromatic rings. The van der Waals surface area contributed by atoms with Gasteiger partial charge in [-0.3, -0.25) is 0 Å². The molecule has 5 aliphatic rings. The molecule has 0 amide bonds. The fraction of sp³-hybridized carbons (Fsp3) is 0.120. The van der Waals surface area contributed by atoms with E-state index in [1.165, 1.54) is 99.3 Å². The number of para-hydroxylation sites is 1. The van der Waals surface area contributed by atoms with Crippen LogP contribution in [-0.4, -0.2) is 4.57 Å². The van der Waals surface area contributed by atoms with Crippen LogP contribution in [0.15, 0.2) is 267 Å². The smallest absolute Gasteiger partial charge is 0.0619 e. The van der Waals surface area contributed by atoms with Crippen molar-refractivity contribution in [1.82, 2.24) is 4.57 Å². The molecule has 0 N–H and O–H groups in total. The first kappa shape index (κ1) is 44.3. The number of rotatable bonds is 7. The molecule has 0 bridgehead atoms. The van der Waals surface area contributed by atoms with Crippen LogP contribution in [0.1, 0.15) is 76.8 Å². The van der Waals surface area contributed by atoms with Gasteiger partial charge in [-0.15, -0.1) is 0 Å². The first-order chi connectivity index (χ1) is 38.0. The molecule has 10 aromatic carbocycles. The lowest BCUT2D eigenvalue weighted by atomic mass is 9.48. The first-order valence-corrected chi connectivity index (χ1v) is 27.6. The van der Waals surface area contributed by atoms with Gasteiger partial charge in [-0.25, -0.2) is 0 Å². The average molecular weight is 985 g/mol. The van der Waals surface area contributed by atoms with Gasteiger partial charge in [0.15, 0.2) is 0 Å². The van der Waals surface area contributed by atoms with Gasteiger partial charge in [0, 0.05) is 50.2 Å². The van der Waals surface area contributed by atoms with E-state index in [4.69, 9.17) is 0 Å². The molecule has 2 nitrogen and oxygen atoms in total. The van der Waals surface area contributed by atoms with Crippen LogP contribution in [0.5, 0.6) is 0 Å². The second-order valence-corrected chi connectivity index (χ2v) is 22.6. The van der Waals surface area contributed by atoms with Gasteiger partial charge in [0.2, 0.25) is 0 Å². The minimum absolute atomic E-state index is 0.147. The standard InChI is InChI=1S/C75H56N2/c1-73(2)64-33-14-11-29-58(64)60-46-44-56(48-69(60)73)76(53-40-42-54(43-41-53)77-70-38-18-13-31-61(70)63-45-39-49-21-9-10-28-57(49)72(63)77)55-27-19-26-52(47-55)74(50-22-5-3-6-23-50)66-35-16-17-36-67(66)75(51-24-7-4-8-25-51)65-34-15-12-30-59(65)62-32-20-37-68(74)71(62)75/h3-22,24-33,35-48,50,65H,23,34H2,1-2H3. The fourth-order valence-corrected chi connectivity index (χ4v) is 15.6. The Morgan fingerprint density at radius 1 is 0.442 bits per heavy atom. The van der Waals surface area contributed by atoms with Crippen LogP contribution in [0.4, 0.5) is 17.1 Å². The van der Waals surface area contributed by atoms with Crippen molar-refractivity contribution in [2.24, 2.45) is 11.8 Å². The van der Waals surface area contributed by atoms with Crippen LogP contribution in [-0.2, 0) is 16.2 Å². The molecule has 77 heavy (non-hydrogen) atoms. The van der Waals surface area contributed by atoms with E-state index in [0.29, 0.717) is 0 Å². The van der Waals surface area contributed by atoms with E-state index in [-0.39, 0.29) is 22.7 Å². The summed E-state index contributed by atoms with van der Waals surface area (Å²) in [6.45, 7) is 4.78. The number of fused-ring (bicyclic) bond motifs is 13. The number of aromatic nitrogens is 1. The van der Waals surface area contributed by atoms with Gasteiger partial charge in [0.1, 0.15) is 0 Å². The monoisotopic (exact) mass is 984 g/mol. The molecule has 4 unspecified atom stereocenters. The van der Waals surface area contributed by atoms with E-state index in [1.54, 1.807) is 0 Å². The Labute approximate surface area is 450 Å². The maximum atomic E-state index is 2.56. The minimum atomic E-state index is -0.532. The summed E-state index contributed by atoms with van der Waals surface area (Å²) in [6.07, 6.45) is 18.5. The zero-order chi connectivity index (χ0) is 51.0. The van der Waals surface area contributed by atoms with Gasteiger partial charge in [0.25, 0.3) is 0 Å². The summed E-state index contributed by atoms with van der Waals surface area (Å²) in [7, 11) is 0. The molecular weight excluding hydrogens is 929 g/mol. The Balaban J connectivity index is 0.940. The molecule has 2 heteroatoms. The van der Waals surface area contributed by atoms with E-state index < -0.39 is 5.41 Å². The molecule has 5 aliphatic carbocycles. The zero-order valence-electron chi connectivity index (χ0n) is 43.4. The molecular formula is C75H56N2. The van der Waals surface area contributed by atoms with E-state index in [0.717, 1.165) is 35.6 Å². The number of hydrogen-bond acceptors (Lipinski definition) is 1. The highest BCUT2D eigenvalue weighted by molar-refractivity contribution is 6.18. The Morgan fingerprint density at radius 3 is 1.95 bits per heavy atom. The van der Waals surface area contributed by atoms with Crippen molar-refractivity contribution in [2.45, 2.75) is 42.9 Å². The molecule has 0 spiro atoms. The highest BCUT2D eigenvalue weighted by Crippen LogP contribution is 2.68. The molecule has 0 radical (unpaired) electrons. The lowest BCUT2D eigenvalue weighted by Crippen LogP contribution is -2.49. The summed E-state index contributed by atoms with van der Waals surface area (Å²) >= 11 is 0. The molecule has 4 atom stereocenters. The molecule has 0 fully saturated rings. The Bertz CT molecular complexity index is 4390. The molecule has 0 saturated carbocycles. The Morgan fingerprint density at radius 2 is 1.10 bits per heavy atom. The van der Waals surface area contributed by atoms with Gasteiger partial charge in [-0.2, -0.15) is 0 Å². The van der Waals surface area contributed by atoms with Crippen molar-refractivity contribution in [2.75, 3.05) is 4.90 Å². The van der Waals surface area contributed by atoms with Crippen molar-refractivity contribution in [3.8, 4) is 16.8 Å². The number of hydrogen-bond donors (Lipinski definition) is 0. The highest BCUT2D eigenvalue weighted by atomic mass is 15.1. The summed E-state index contributed by atoms with van der Waals surface area (Å²) in [5, 5.41) is 5.02. The van der Waals surface area contributed by atoms with Gasteiger partial charge in [-0.1, -0.05) is 226 Å². The van der Waals surface area contributed by atoms with Gasteiger partial charge in [0.05, 0.1) is 21.9 Å². The molecule has 0 saturated heterocycles. The molecule has 366 valence electrons. The Kier molecular flexibility index (Phi) is 9.50. The lowest BCUT2D eigenvalue weighted by molar-refractivity contribution is 0.389. The lowest BCUT2D eigenvalue weighted by Gasteiger charge is -2.53. The van der Waals surface area contributed by atoms with Crippen molar-refractivity contribution in [3.05, 3.63) is 317 Å². The van der Waals surface area contributed by atoms with Crippen molar-refractivity contribution in [1.29, 1.82) is 0 Å². The van der Waals surface area contributed by atoms with E-state index in [9.17, 15) is 0 Å². The predicted molar refractivity (Wildman–Crippen MR) is 321 cm³/mol. The quantitative estimate of drug-likeness (QED) is 0.154. The second kappa shape index (κ2) is 16.5. The van der Waals surface area contributed by atoms with Gasteiger partial charge >= 0.3 is 0 Å². The SMILES string of the molecule is CC1(C)c2ccccc2-c2ccc(N(c3ccc(-n4c5ccccc5c5ccc6ccccc6c54)cc3)c3cccc(C4(C5C=CC=CC5)c5ccccc5C5(c6ccccc6)c6c(cccc64)C4=CC=CCC45)c3)cc21. The average Bonchev–Trinajstić information content (AvgIpc) is 4.32. The zero-order valence-corrected chi connectivity index (χ0v) is 43.4. The summed E-state index contributed by atoms with van der Waals surface area (Å²) in [6, 6.07) is 85.9. The van der Waals surface area contributed by atoms with Crippen LogP contribution in [0, 0.1) is 11.8 Å². The van der Waals surface area contributed by atoms with E-state index >= 15 is 0 Å². The third kappa shape index (κ3) is 5.96. The van der Waals surface area contributed by atoms with E-state index in [1.807, 2.05) is 0 Å². The summed E-state index contributed by atoms with van der Waals surface area (Å²) in [5.74, 6) is 0.418. The van der Waals surface area contributed by atoms with Crippen molar-refractivity contribution >= 4 is 55.2 Å². The van der Waals surface area contributed by atoms with Crippen LogP contribution < -0.4 is 4.90 Å². The molecule has 1 heterocycles. The predicted octanol–water partition coefficient (Wildman–Crippen LogP) is 18.8. The summed E-state index contributed by atoms with van der Waals surface area (Å²) in [5.41, 5.74) is 22.5. The second-order valence-electron chi connectivity index (χ2n) is 22.6. The topological polar surface area (TPSA) is 8.17 Å². The number of anilines is 3. The fourth-order valence-electron chi connectivity index (χ4n) is 15.6. The maximum Gasteiger partial charge on any atom is 0.0619 e. The largest absolute Gasteiger partial charge is 0.310 e. The summed E-state index contributed by atoms with van der Waals surface area (Å²) in [4.78, 5) is 2.53. The minimum Gasteiger partial charge on any atom is -0.310 e. The normalized spacial score (nSPS) is 20.9. The molecule has 16 rings (SSSR count). The number of nitrogens with zero attached hydrogens (tertiary/aromatic N) is 2. The van der Waals surface area contributed by atoms with Crippen LogP contribution in [0.25, 0.3) is 55.0 Å². The number of benzene rings is 10. The Hall–Kier alpha value is -8.98. The van der Waals surface area contributed by atoms with Crippen LogP contribution in [0.3, 0.4) is 0 Å². The van der Waals surface area contributed by atoms with Gasteiger partial charge < -0.3 is 9.47 Å². The molecule has 0 aliphatic heterocycles. The van der Waals surface area contributed by atoms with E-state index in [2.05, 4.69) is 290 Å².